The summed E-state index contributed by atoms with van der Waals surface area (Å²) in [5.41, 5.74) is 4.93. The molecule has 1 saturated carbocycles. The van der Waals surface area contributed by atoms with Crippen LogP contribution in [-0.2, 0) is 11.2 Å². The third-order valence-electron chi connectivity index (χ3n) is 8.40. The Morgan fingerprint density at radius 1 is 1.03 bits per heavy atom. The van der Waals surface area contributed by atoms with Crippen molar-refractivity contribution in [3.05, 3.63) is 67.1 Å². The number of aromatic nitrogens is 3. The van der Waals surface area contributed by atoms with E-state index in [-0.39, 0.29) is 5.60 Å². The Balaban J connectivity index is 1.06. The van der Waals surface area contributed by atoms with Crippen molar-refractivity contribution in [3.63, 3.8) is 0 Å². The normalized spacial score (nSPS) is 24.8. The average Bonchev–Trinajstić information content (AvgIpc) is 3.37. The summed E-state index contributed by atoms with van der Waals surface area (Å²) in [5, 5.41) is 8.33. The van der Waals surface area contributed by atoms with Gasteiger partial charge in [-0.15, -0.1) is 0 Å². The number of hydrogen-bond acceptors (Lipinski definition) is 5. The first-order valence-electron chi connectivity index (χ1n) is 13.4. The zero-order chi connectivity index (χ0) is 25.0. The zero-order valence-corrected chi connectivity index (χ0v) is 22.0. The second kappa shape index (κ2) is 9.15. The lowest BCUT2D eigenvalue weighted by Gasteiger charge is -2.32. The Labute approximate surface area is 220 Å². The van der Waals surface area contributed by atoms with E-state index < -0.39 is 11.2 Å². The van der Waals surface area contributed by atoms with Crippen molar-refractivity contribution in [2.24, 2.45) is 5.92 Å². The summed E-state index contributed by atoms with van der Waals surface area (Å²) in [6.07, 6.45) is 16.5. The quantitative estimate of drug-likeness (QED) is 0.298. The first-order valence-corrected chi connectivity index (χ1v) is 15.0. The number of rotatable bonds is 7. The van der Waals surface area contributed by atoms with Crippen LogP contribution in [0.2, 0.25) is 0 Å². The van der Waals surface area contributed by atoms with Gasteiger partial charge in [0.1, 0.15) is 17.6 Å². The molecule has 190 valence electrons. The Morgan fingerprint density at radius 3 is 2.54 bits per heavy atom. The van der Waals surface area contributed by atoms with E-state index in [1.165, 1.54) is 44.9 Å². The van der Waals surface area contributed by atoms with Gasteiger partial charge in [-0.1, -0.05) is 24.3 Å². The summed E-state index contributed by atoms with van der Waals surface area (Å²) in [7, 11) is 0. The predicted octanol–water partition coefficient (Wildman–Crippen LogP) is 5.98. The molecule has 3 fully saturated rings. The van der Waals surface area contributed by atoms with Gasteiger partial charge >= 0.3 is 0 Å². The molecule has 37 heavy (non-hydrogen) atoms. The standard InChI is InChI=1S/C30H33N4O2S/c1-37(35)27-4-2-3-22(15-27)28-18-32-34-19-23(17-31-29(28)34)21-5-9-26(10-6-21)36-30(11-12-30)16-20-13-24-7-8-25(14-20)33-24/h2-6,9-10,15,17-20,24-25,33,35H,7-8,11-14,16H2,1H3/q+1. The highest BCUT2D eigenvalue weighted by Crippen LogP contribution is 2.48. The molecule has 3 aliphatic rings. The molecule has 2 aromatic carbocycles. The Bertz CT molecular complexity index is 1420. The minimum absolute atomic E-state index is 0.0561. The van der Waals surface area contributed by atoms with Crippen molar-refractivity contribution in [2.45, 2.75) is 67.5 Å². The highest BCUT2D eigenvalue weighted by molar-refractivity contribution is 7.90. The third-order valence-corrected chi connectivity index (χ3v) is 9.34. The molecule has 3 atom stereocenters. The molecular formula is C30H33N4O2S+. The molecule has 0 radical (unpaired) electrons. The van der Waals surface area contributed by atoms with Crippen LogP contribution in [0.5, 0.6) is 5.75 Å². The number of fused-ring (bicyclic) bond motifs is 3. The minimum Gasteiger partial charge on any atom is -0.487 e. The van der Waals surface area contributed by atoms with Gasteiger partial charge in [0.2, 0.25) is 0 Å². The molecule has 2 aliphatic heterocycles. The maximum Gasteiger partial charge on any atom is 0.190 e. The number of benzene rings is 2. The van der Waals surface area contributed by atoms with Crippen molar-refractivity contribution < 1.29 is 9.29 Å². The van der Waals surface area contributed by atoms with Crippen LogP contribution in [-0.4, -0.2) is 43.1 Å². The molecule has 4 aromatic rings. The molecule has 6 nitrogen and oxygen atoms in total. The van der Waals surface area contributed by atoms with E-state index in [4.69, 9.17) is 9.72 Å². The van der Waals surface area contributed by atoms with E-state index in [1.54, 1.807) is 6.26 Å². The van der Waals surface area contributed by atoms with Gasteiger partial charge in [-0.2, -0.15) is 9.65 Å². The third kappa shape index (κ3) is 4.65. The summed E-state index contributed by atoms with van der Waals surface area (Å²) in [5.74, 6) is 1.76. The van der Waals surface area contributed by atoms with E-state index in [9.17, 15) is 4.55 Å². The van der Waals surface area contributed by atoms with Gasteiger partial charge in [-0.3, -0.25) is 0 Å². The SMILES string of the molecule is C[S+](O)c1cccc(-c2cnn3cc(-c4ccc(OC5(CC6CC7CCC(C6)N7)CC5)cc4)cnc23)c1. The van der Waals surface area contributed by atoms with Crippen LogP contribution >= 0.6 is 0 Å². The summed E-state index contributed by atoms with van der Waals surface area (Å²) in [6, 6.07) is 17.9. The van der Waals surface area contributed by atoms with Crippen molar-refractivity contribution in [1.29, 1.82) is 0 Å². The second-order valence-electron chi connectivity index (χ2n) is 11.2. The van der Waals surface area contributed by atoms with E-state index in [0.29, 0.717) is 0 Å². The van der Waals surface area contributed by atoms with Crippen LogP contribution in [0.3, 0.4) is 0 Å². The lowest BCUT2D eigenvalue weighted by atomic mass is 9.87. The lowest BCUT2D eigenvalue weighted by molar-refractivity contribution is 0.125. The number of nitrogens with zero attached hydrogens (tertiary/aromatic N) is 3. The molecule has 1 aliphatic carbocycles. The molecule has 2 bridgehead atoms. The monoisotopic (exact) mass is 513 g/mol. The molecule has 0 amide bonds. The van der Waals surface area contributed by atoms with Gasteiger partial charge in [0.05, 0.1) is 6.20 Å². The molecule has 7 heteroatoms. The molecular weight excluding hydrogens is 480 g/mol. The molecule has 7 rings (SSSR count). The zero-order valence-electron chi connectivity index (χ0n) is 21.1. The molecule has 3 unspecified atom stereocenters. The predicted molar refractivity (Wildman–Crippen MR) is 148 cm³/mol. The first kappa shape index (κ1) is 23.3. The van der Waals surface area contributed by atoms with Crippen LogP contribution in [0.1, 0.15) is 44.9 Å². The maximum absolute atomic E-state index is 9.98. The number of piperidine rings is 1. The van der Waals surface area contributed by atoms with Crippen molar-refractivity contribution in [2.75, 3.05) is 6.26 Å². The fourth-order valence-corrected chi connectivity index (χ4v) is 6.97. The average molecular weight is 514 g/mol. The first-order chi connectivity index (χ1) is 18.0. The van der Waals surface area contributed by atoms with E-state index in [0.717, 1.165) is 56.5 Å². The van der Waals surface area contributed by atoms with Gasteiger partial charge < -0.3 is 10.1 Å². The smallest absolute Gasteiger partial charge is 0.190 e. The number of ether oxygens (including phenoxy) is 1. The van der Waals surface area contributed by atoms with Crippen LogP contribution in [0.4, 0.5) is 0 Å². The van der Waals surface area contributed by atoms with Crippen LogP contribution < -0.4 is 10.1 Å². The van der Waals surface area contributed by atoms with Gasteiger partial charge in [-0.25, -0.2) is 9.50 Å². The van der Waals surface area contributed by atoms with Crippen LogP contribution in [0.25, 0.3) is 27.9 Å². The fraction of sp³-hybridized carbons (Fsp3) is 0.400. The summed E-state index contributed by atoms with van der Waals surface area (Å²) < 4.78 is 18.4. The molecule has 4 heterocycles. The summed E-state index contributed by atoms with van der Waals surface area (Å²) in [4.78, 5) is 5.66. The Hall–Kier alpha value is -2.87. The Morgan fingerprint density at radius 2 is 1.81 bits per heavy atom. The van der Waals surface area contributed by atoms with Crippen molar-refractivity contribution in [1.82, 2.24) is 19.9 Å². The summed E-state index contributed by atoms with van der Waals surface area (Å²) in [6.45, 7) is 0. The molecule has 2 N–H and O–H groups in total. The van der Waals surface area contributed by atoms with Crippen molar-refractivity contribution >= 4 is 16.8 Å². The molecule has 2 saturated heterocycles. The molecule has 2 aromatic heterocycles. The molecule has 0 spiro atoms. The van der Waals surface area contributed by atoms with E-state index in [2.05, 4.69) is 34.7 Å². The topological polar surface area (TPSA) is 71.7 Å². The summed E-state index contributed by atoms with van der Waals surface area (Å²) >= 11 is -0.781. The fourth-order valence-electron chi connectivity index (χ4n) is 6.40. The van der Waals surface area contributed by atoms with Crippen LogP contribution in [0.15, 0.2) is 72.0 Å². The van der Waals surface area contributed by atoms with Gasteiger partial charge in [0, 0.05) is 41.7 Å². The number of hydrogen-bond donors (Lipinski definition) is 2. The highest BCUT2D eigenvalue weighted by atomic mass is 32.2. The number of nitrogens with one attached hydrogen (secondary N) is 1. The maximum atomic E-state index is 9.98. The van der Waals surface area contributed by atoms with E-state index >= 15 is 0 Å². The largest absolute Gasteiger partial charge is 0.487 e. The highest BCUT2D eigenvalue weighted by Gasteiger charge is 2.48. The minimum atomic E-state index is -0.781. The Kier molecular flexibility index (Phi) is 5.75. The van der Waals surface area contributed by atoms with Crippen molar-refractivity contribution in [3.8, 4) is 28.0 Å². The van der Waals surface area contributed by atoms with Crippen LogP contribution in [0, 0.1) is 5.92 Å². The second-order valence-corrected chi connectivity index (χ2v) is 12.6. The van der Waals surface area contributed by atoms with Gasteiger partial charge in [-0.05, 0) is 80.2 Å². The lowest BCUT2D eigenvalue weighted by Crippen LogP contribution is -2.39. The van der Waals surface area contributed by atoms with Gasteiger partial charge in [0.15, 0.2) is 21.7 Å². The van der Waals surface area contributed by atoms with E-state index in [1.807, 2.05) is 47.4 Å². The van der Waals surface area contributed by atoms with Gasteiger partial charge in [0.25, 0.3) is 0 Å².